The summed E-state index contributed by atoms with van der Waals surface area (Å²) in [6, 6.07) is 7.06. The van der Waals surface area contributed by atoms with Crippen LogP contribution in [0.1, 0.15) is 24.2 Å². The van der Waals surface area contributed by atoms with E-state index in [0.717, 1.165) is 12.2 Å². The molecule has 4 N–H and O–H groups in total. The van der Waals surface area contributed by atoms with Crippen molar-refractivity contribution in [1.29, 1.82) is 0 Å². The Morgan fingerprint density at radius 3 is 2.32 bits per heavy atom. The minimum atomic E-state index is -0.0598. The van der Waals surface area contributed by atoms with Crippen LogP contribution in [0.2, 0.25) is 0 Å². The minimum absolute atomic E-state index is 0.0396. The monoisotopic (exact) mass is 264 g/mol. The van der Waals surface area contributed by atoms with Crippen LogP contribution in [0.25, 0.3) is 0 Å². The molecule has 1 aromatic rings. The van der Waals surface area contributed by atoms with Crippen molar-refractivity contribution in [3.05, 3.63) is 29.8 Å². The number of hydrazine groups is 1. The fraction of sp³-hybridized carbons (Fsp3) is 0.500. The van der Waals surface area contributed by atoms with Gasteiger partial charge in [-0.15, -0.1) is 0 Å². The largest absolute Gasteiger partial charge is 0.351 e. The molecule has 0 atom stereocenters. The standard InChI is InChI=1S/C14H24N4O/c1-14(2,10-18(3)4)9-16-13(19)11-5-7-12(17-15)8-6-11/h5-8,17H,9-10,15H2,1-4H3,(H,16,19). The molecule has 0 aromatic heterocycles. The molecule has 5 heteroatoms. The number of carbonyl (C=O) groups is 1. The number of anilines is 1. The van der Waals surface area contributed by atoms with E-state index in [9.17, 15) is 4.79 Å². The summed E-state index contributed by atoms with van der Waals surface area (Å²) in [7, 11) is 4.06. The number of rotatable bonds is 6. The van der Waals surface area contributed by atoms with E-state index in [-0.39, 0.29) is 11.3 Å². The first kappa shape index (κ1) is 15.5. The van der Waals surface area contributed by atoms with Crippen molar-refractivity contribution < 1.29 is 4.79 Å². The number of nitrogens with one attached hydrogen (secondary N) is 2. The van der Waals surface area contributed by atoms with Gasteiger partial charge in [-0.2, -0.15) is 0 Å². The van der Waals surface area contributed by atoms with Gasteiger partial charge in [0.05, 0.1) is 0 Å². The summed E-state index contributed by atoms with van der Waals surface area (Å²) in [4.78, 5) is 14.1. The number of nitrogens with zero attached hydrogens (tertiary/aromatic N) is 1. The van der Waals surface area contributed by atoms with Crippen LogP contribution in [-0.2, 0) is 0 Å². The van der Waals surface area contributed by atoms with Crippen molar-refractivity contribution in [3.63, 3.8) is 0 Å². The Kier molecular flexibility index (Phi) is 5.32. The fourth-order valence-electron chi connectivity index (χ4n) is 2.05. The van der Waals surface area contributed by atoms with E-state index < -0.39 is 0 Å². The van der Waals surface area contributed by atoms with Crippen LogP contribution in [0.4, 0.5) is 5.69 Å². The van der Waals surface area contributed by atoms with E-state index in [0.29, 0.717) is 12.1 Å². The summed E-state index contributed by atoms with van der Waals surface area (Å²) in [5.41, 5.74) is 3.99. The Balaban J connectivity index is 2.55. The van der Waals surface area contributed by atoms with Gasteiger partial charge in [-0.1, -0.05) is 13.8 Å². The predicted octanol–water partition coefficient (Wildman–Crippen LogP) is 1.29. The lowest BCUT2D eigenvalue weighted by atomic mass is 9.93. The Morgan fingerprint density at radius 2 is 1.84 bits per heavy atom. The van der Waals surface area contributed by atoms with Crippen molar-refractivity contribution in [2.75, 3.05) is 32.6 Å². The first-order valence-electron chi connectivity index (χ1n) is 6.34. The van der Waals surface area contributed by atoms with Gasteiger partial charge in [-0.25, -0.2) is 0 Å². The van der Waals surface area contributed by atoms with Gasteiger partial charge in [0, 0.05) is 24.3 Å². The number of hydrogen-bond acceptors (Lipinski definition) is 4. The van der Waals surface area contributed by atoms with E-state index >= 15 is 0 Å². The lowest BCUT2D eigenvalue weighted by Gasteiger charge is -2.28. The lowest BCUT2D eigenvalue weighted by Crippen LogP contribution is -2.39. The second kappa shape index (κ2) is 6.54. The molecule has 0 spiro atoms. The summed E-state index contributed by atoms with van der Waals surface area (Å²) in [5, 5.41) is 2.96. The molecular weight excluding hydrogens is 240 g/mol. The maximum absolute atomic E-state index is 12.0. The summed E-state index contributed by atoms with van der Waals surface area (Å²) in [6.45, 7) is 5.83. The minimum Gasteiger partial charge on any atom is -0.351 e. The van der Waals surface area contributed by atoms with Crippen LogP contribution in [0.5, 0.6) is 0 Å². The zero-order valence-corrected chi connectivity index (χ0v) is 12.2. The SMILES string of the molecule is CN(C)CC(C)(C)CNC(=O)c1ccc(NN)cc1. The van der Waals surface area contributed by atoms with Gasteiger partial charge in [-0.05, 0) is 43.8 Å². The maximum Gasteiger partial charge on any atom is 0.251 e. The Morgan fingerprint density at radius 1 is 1.26 bits per heavy atom. The second-order valence-electron chi connectivity index (χ2n) is 5.81. The van der Waals surface area contributed by atoms with Gasteiger partial charge in [0.25, 0.3) is 5.91 Å². The van der Waals surface area contributed by atoms with Crippen LogP contribution < -0.4 is 16.6 Å². The van der Waals surface area contributed by atoms with Gasteiger partial charge in [0.1, 0.15) is 0 Å². The Bertz CT molecular complexity index is 412. The molecule has 0 aliphatic rings. The van der Waals surface area contributed by atoms with Crippen LogP contribution in [0, 0.1) is 5.41 Å². The van der Waals surface area contributed by atoms with Gasteiger partial charge in [0.15, 0.2) is 0 Å². The van der Waals surface area contributed by atoms with Crippen molar-refractivity contribution in [3.8, 4) is 0 Å². The number of carbonyl (C=O) groups excluding carboxylic acids is 1. The summed E-state index contributed by atoms with van der Waals surface area (Å²) in [6.07, 6.45) is 0. The lowest BCUT2D eigenvalue weighted by molar-refractivity contribution is 0.0929. The van der Waals surface area contributed by atoms with Crippen molar-refractivity contribution in [2.24, 2.45) is 11.3 Å². The molecule has 0 bridgehead atoms. The zero-order valence-electron chi connectivity index (χ0n) is 12.2. The highest BCUT2D eigenvalue weighted by Gasteiger charge is 2.20. The molecule has 0 radical (unpaired) electrons. The molecule has 0 aliphatic carbocycles. The fourth-order valence-corrected chi connectivity index (χ4v) is 2.05. The van der Waals surface area contributed by atoms with Crippen LogP contribution in [-0.4, -0.2) is 38.0 Å². The van der Waals surface area contributed by atoms with Crippen LogP contribution >= 0.6 is 0 Å². The Hall–Kier alpha value is -1.59. The summed E-state index contributed by atoms with van der Waals surface area (Å²) >= 11 is 0. The first-order valence-corrected chi connectivity index (χ1v) is 6.34. The molecule has 0 fully saturated rings. The normalized spacial score (nSPS) is 11.5. The molecule has 106 valence electrons. The highest BCUT2D eigenvalue weighted by Crippen LogP contribution is 2.15. The predicted molar refractivity (Wildman–Crippen MR) is 78.9 cm³/mol. The molecule has 0 aliphatic heterocycles. The van der Waals surface area contributed by atoms with Gasteiger partial charge in [0.2, 0.25) is 0 Å². The molecule has 1 rings (SSSR count). The summed E-state index contributed by atoms with van der Waals surface area (Å²) in [5.74, 6) is 5.22. The maximum atomic E-state index is 12.0. The highest BCUT2D eigenvalue weighted by atomic mass is 16.1. The van der Waals surface area contributed by atoms with Crippen LogP contribution in [0.3, 0.4) is 0 Å². The zero-order chi connectivity index (χ0) is 14.5. The molecule has 0 unspecified atom stereocenters. The van der Waals surface area contributed by atoms with E-state index in [4.69, 9.17) is 5.84 Å². The average molecular weight is 264 g/mol. The molecule has 5 nitrogen and oxygen atoms in total. The molecular formula is C14H24N4O. The third-order valence-electron chi connectivity index (χ3n) is 2.79. The van der Waals surface area contributed by atoms with E-state index in [1.54, 1.807) is 24.3 Å². The molecule has 0 saturated carbocycles. The molecule has 0 heterocycles. The molecule has 19 heavy (non-hydrogen) atoms. The number of amides is 1. The topological polar surface area (TPSA) is 70.4 Å². The highest BCUT2D eigenvalue weighted by molar-refractivity contribution is 5.94. The molecule has 1 aromatic carbocycles. The van der Waals surface area contributed by atoms with Crippen molar-refractivity contribution >= 4 is 11.6 Å². The van der Waals surface area contributed by atoms with Gasteiger partial charge in [-0.3, -0.25) is 10.6 Å². The van der Waals surface area contributed by atoms with Crippen molar-refractivity contribution in [1.82, 2.24) is 10.2 Å². The molecule has 1 amide bonds. The number of hydrogen-bond donors (Lipinski definition) is 3. The average Bonchev–Trinajstić information content (AvgIpc) is 2.34. The number of nitrogens with two attached hydrogens (primary N) is 1. The number of benzene rings is 1. The molecule has 0 saturated heterocycles. The third-order valence-corrected chi connectivity index (χ3v) is 2.79. The van der Waals surface area contributed by atoms with Crippen LogP contribution in [0.15, 0.2) is 24.3 Å². The summed E-state index contributed by atoms with van der Waals surface area (Å²) < 4.78 is 0. The van der Waals surface area contributed by atoms with E-state index in [1.807, 2.05) is 14.1 Å². The smallest absolute Gasteiger partial charge is 0.251 e. The Labute approximate surface area is 115 Å². The quantitative estimate of drug-likeness (QED) is 0.535. The van der Waals surface area contributed by atoms with E-state index in [1.165, 1.54) is 0 Å². The number of nitrogen functional groups attached to an aromatic ring is 1. The van der Waals surface area contributed by atoms with Gasteiger partial charge >= 0.3 is 0 Å². The van der Waals surface area contributed by atoms with E-state index in [2.05, 4.69) is 29.5 Å². The van der Waals surface area contributed by atoms with Crippen molar-refractivity contribution in [2.45, 2.75) is 13.8 Å². The first-order chi connectivity index (χ1) is 8.84. The third kappa shape index (κ3) is 5.28. The van der Waals surface area contributed by atoms with Gasteiger partial charge < -0.3 is 15.6 Å². The second-order valence-corrected chi connectivity index (χ2v) is 5.81.